The highest BCUT2D eigenvalue weighted by Crippen LogP contribution is 2.43. The van der Waals surface area contributed by atoms with Crippen LogP contribution in [0.5, 0.6) is 0 Å². The number of esters is 2. The molecule has 0 fully saturated rings. The highest BCUT2D eigenvalue weighted by molar-refractivity contribution is 7.47. The molecule has 316 valence electrons. The van der Waals surface area contributed by atoms with Gasteiger partial charge in [0.25, 0.3) is 0 Å². The van der Waals surface area contributed by atoms with Crippen molar-refractivity contribution < 1.29 is 42.1 Å². The predicted octanol–water partition coefficient (Wildman–Crippen LogP) is 12.4. The number of nitrogens with zero attached hydrogens (tertiary/aromatic N) is 1. The molecule has 0 aliphatic carbocycles. The maximum absolute atomic E-state index is 12.7. The van der Waals surface area contributed by atoms with Gasteiger partial charge in [0.1, 0.15) is 19.8 Å². The van der Waals surface area contributed by atoms with Gasteiger partial charge in [0, 0.05) is 12.8 Å². The number of ether oxygens (including phenoxy) is 2. The van der Waals surface area contributed by atoms with E-state index in [9.17, 15) is 19.0 Å². The van der Waals surface area contributed by atoms with Crippen molar-refractivity contribution in [3.63, 3.8) is 0 Å². The average Bonchev–Trinajstić information content (AvgIpc) is 3.10. The number of carbonyl (C=O) groups is 2. The molecule has 0 saturated heterocycles. The largest absolute Gasteiger partial charge is 0.472 e. The first-order valence-electron chi connectivity index (χ1n) is 22.3. The average molecular weight is 777 g/mol. The monoisotopic (exact) mass is 777 g/mol. The van der Waals surface area contributed by atoms with Gasteiger partial charge in [-0.15, -0.1) is 0 Å². The van der Waals surface area contributed by atoms with E-state index in [1.807, 2.05) is 21.1 Å². The van der Waals surface area contributed by atoms with Crippen LogP contribution < -0.4 is 0 Å². The van der Waals surface area contributed by atoms with Crippen molar-refractivity contribution in [2.45, 2.75) is 219 Å². The minimum atomic E-state index is -4.36. The highest BCUT2D eigenvalue weighted by atomic mass is 31.2. The van der Waals surface area contributed by atoms with Crippen LogP contribution in [0.15, 0.2) is 0 Å². The van der Waals surface area contributed by atoms with Crippen LogP contribution in [0.2, 0.25) is 0 Å². The standard InChI is InChI=1S/C43H86NO8P/c1-6-8-10-12-14-16-18-20-22-24-26-28-30-32-34-36-43(46)52-41(40-51-53(47,48)50-38-37-44(3,4)5)39-49-42(45)35-33-31-29-27-25-23-21-19-17-15-13-11-9-7-2/h41H,6-40H2,1-5H3/p+1/t41-/m1/s1. The van der Waals surface area contributed by atoms with Crippen LogP contribution >= 0.6 is 7.82 Å². The van der Waals surface area contributed by atoms with Crippen molar-refractivity contribution >= 4 is 19.8 Å². The minimum Gasteiger partial charge on any atom is -0.462 e. The van der Waals surface area contributed by atoms with Crippen molar-refractivity contribution in [1.29, 1.82) is 0 Å². The lowest BCUT2D eigenvalue weighted by atomic mass is 10.0. The fourth-order valence-corrected chi connectivity index (χ4v) is 7.11. The zero-order valence-corrected chi connectivity index (χ0v) is 36.4. The number of phosphoric acid groups is 1. The topological polar surface area (TPSA) is 108 Å². The Labute approximate surface area is 327 Å². The van der Waals surface area contributed by atoms with Crippen LogP contribution in [-0.4, -0.2) is 74.9 Å². The van der Waals surface area contributed by atoms with E-state index < -0.39 is 26.5 Å². The van der Waals surface area contributed by atoms with Crippen LogP contribution in [0.3, 0.4) is 0 Å². The molecule has 1 unspecified atom stereocenters. The summed E-state index contributed by atoms with van der Waals surface area (Å²) < 4.78 is 34.3. The SMILES string of the molecule is CCCCCCCCCCCCCCCCCC(=O)O[C@H](COC(=O)CCCCCCCCCCCCCCCC)COP(=O)(O)OCC[N+](C)(C)C. The second kappa shape index (κ2) is 36.6. The summed E-state index contributed by atoms with van der Waals surface area (Å²) in [5.41, 5.74) is 0. The Morgan fingerprint density at radius 3 is 1.21 bits per heavy atom. The number of likely N-dealkylation sites (N-methyl/N-ethyl adjacent to an activating group) is 1. The molecule has 0 aliphatic heterocycles. The molecule has 10 heteroatoms. The van der Waals surface area contributed by atoms with E-state index in [1.54, 1.807) is 0 Å². The number of hydrogen-bond acceptors (Lipinski definition) is 7. The number of carbonyl (C=O) groups excluding carboxylic acids is 2. The molecule has 0 rings (SSSR count). The molecule has 0 heterocycles. The quantitative estimate of drug-likeness (QED) is 0.0283. The number of rotatable bonds is 41. The molecule has 0 radical (unpaired) electrons. The molecule has 0 saturated carbocycles. The van der Waals surface area contributed by atoms with Crippen LogP contribution in [0.25, 0.3) is 0 Å². The molecule has 1 N–H and O–H groups in total. The summed E-state index contributed by atoms with van der Waals surface area (Å²) in [7, 11) is 1.49. The molecule has 53 heavy (non-hydrogen) atoms. The summed E-state index contributed by atoms with van der Waals surface area (Å²) in [6.45, 7) is 4.46. The molecule has 0 bridgehead atoms. The van der Waals surface area contributed by atoms with Gasteiger partial charge in [-0.25, -0.2) is 4.57 Å². The first-order chi connectivity index (χ1) is 25.5. The second-order valence-corrected chi connectivity index (χ2v) is 17.9. The van der Waals surface area contributed by atoms with E-state index in [4.69, 9.17) is 18.5 Å². The molecular formula is C43H87NO8P+. The van der Waals surface area contributed by atoms with Gasteiger partial charge in [-0.1, -0.05) is 187 Å². The Hall–Kier alpha value is -0.990. The van der Waals surface area contributed by atoms with Crippen molar-refractivity contribution in [3.8, 4) is 0 Å². The van der Waals surface area contributed by atoms with Gasteiger partial charge in [-0.05, 0) is 12.8 Å². The Balaban J connectivity index is 4.31. The zero-order valence-electron chi connectivity index (χ0n) is 35.5. The van der Waals surface area contributed by atoms with Gasteiger partial charge in [0.15, 0.2) is 6.10 Å². The first-order valence-corrected chi connectivity index (χ1v) is 23.8. The van der Waals surface area contributed by atoms with Gasteiger partial charge in [-0.2, -0.15) is 0 Å². The van der Waals surface area contributed by atoms with E-state index in [1.165, 1.54) is 148 Å². The first kappa shape index (κ1) is 52.0. The fraction of sp³-hybridized carbons (Fsp3) is 0.953. The van der Waals surface area contributed by atoms with E-state index in [-0.39, 0.29) is 25.6 Å². The summed E-state index contributed by atoms with van der Waals surface area (Å²) >= 11 is 0. The van der Waals surface area contributed by atoms with Crippen molar-refractivity contribution in [3.05, 3.63) is 0 Å². The van der Waals surface area contributed by atoms with Crippen molar-refractivity contribution in [2.24, 2.45) is 0 Å². The lowest BCUT2D eigenvalue weighted by Crippen LogP contribution is -2.37. The maximum atomic E-state index is 12.7. The van der Waals surface area contributed by atoms with Crippen LogP contribution in [0.1, 0.15) is 213 Å². The summed E-state index contributed by atoms with van der Waals surface area (Å²) in [4.78, 5) is 35.3. The molecule has 0 aliphatic rings. The number of quaternary nitrogens is 1. The Bertz CT molecular complexity index is 881. The third-order valence-electron chi connectivity index (χ3n) is 9.89. The minimum absolute atomic E-state index is 0.0368. The second-order valence-electron chi connectivity index (χ2n) is 16.5. The number of phosphoric ester groups is 1. The smallest absolute Gasteiger partial charge is 0.462 e. The molecule has 0 spiro atoms. The normalized spacial score (nSPS) is 13.5. The third-order valence-corrected chi connectivity index (χ3v) is 10.9. The molecular weight excluding hydrogens is 689 g/mol. The van der Waals surface area contributed by atoms with Crippen LogP contribution in [0.4, 0.5) is 0 Å². The van der Waals surface area contributed by atoms with E-state index in [0.29, 0.717) is 17.4 Å². The predicted molar refractivity (Wildman–Crippen MR) is 220 cm³/mol. The zero-order chi connectivity index (χ0) is 39.3. The summed E-state index contributed by atoms with van der Waals surface area (Å²) in [5, 5.41) is 0. The van der Waals surface area contributed by atoms with Gasteiger partial charge < -0.3 is 18.9 Å². The maximum Gasteiger partial charge on any atom is 0.472 e. The molecule has 0 aromatic heterocycles. The van der Waals surface area contributed by atoms with Gasteiger partial charge in [0.2, 0.25) is 0 Å². The summed E-state index contributed by atoms with van der Waals surface area (Å²) in [6.07, 6.45) is 35.7. The molecule has 0 aromatic rings. The highest BCUT2D eigenvalue weighted by Gasteiger charge is 2.27. The Morgan fingerprint density at radius 2 is 0.849 bits per heavy atom. The van der Waals surface area contributed by atoms with E-state index in [0.717, 1.165) is 38.5 Å². The van der Waals surface area contributed by atoms with Crippen molar-refractivity contribution in [1.82, 2.24) is 0 Å². The van der Waals surface area contributed by atoms with Crippen LogP contribution in [-0.2, 0) is 32.7 Å². The Morgan fingerprint density at radius 1 is 0.509 bits per heavy atom. The lowest BCUT2D eigenvalue weighted by molar-refractivity contribution is -0.870. The molecule has 9 nitrogen and oxygen atoms in total. The fourth-order valence-electron chi connectivity index (χ4n) is 6.37. The van der Waals surface area contributed by atoms with E-state index >= 15 is 0 Å². The molecule has 0 aromatic carbocycles. The van der Waals surface area contributed by atoms with Crippen molar-refractivity contribution in [2.75, 3.05) is 47.5 Å². The number of unbranched alkanes of at least 4 members (excludes halogenated alkanes) is 27. The summed E-state index contributed by atoms with van der Waals surface area (Å²) in [5.74, 6) is -0.784. The molecule has 2 atom stereocenters. The van der Waals surface area contributed by atoms with E-state index in [2.05, 4.69) is 13.8 Å². The third kappa shape index (κ3) is 40.5. The molecule has 0 amide bonds. The van der Waals surface area contributed by atoms with Gasteiger partial charge >= 0.3 is 19.8 Å². The number of hydrogen-bond donors (Lipinski definition) is 1. The summed E-state index contributed by atoms with van der Waals surface area (Å²) in [6, 6.07) is 0. The Kier molecular flexibility index (Phi) is 36.0. The van der Waals surface area contributed by atoms with Crippen LogP contribution in [0, 0.1) is 0 Å². The van der Waals surface area contributed by atoms with Gasteiger partial charge in [-0.3, -0.25) is 18.6 Å². The van der Waals surface area contributed by atoms with Gasteiger partial charge in [0.05, 0.1) is 27.7 Å². The lowest BCUT2D eigenvalue weighted by Gasteiger charge is -2.24.